The van der Waals surface area contributed by atoms with Crippen LogP contribution in [0.25, 0.3) is 0 Å². The van der Waals surface area contributed by atoms with Gasteiger partial charge in [-0.25, -0.2) is 4.79 Å². The van der Waals surface area contributed by atoms with E-state index in [4.69, 9.17) is 9.84 Å². The monoisotopic (exact) mass is 268 g/mol. The van der Waals surface area contributed by atoms with Crippen molar-refractivity contribution in [3.8, 4) is 0 Å². The molecule has 0 saturated carbocycles. The van der Waals surface area contributed by atoms with Crippen molar-refractivity contribution in [3.05, 3.63) is 33.9 Å². The molecule has 0 fully saturated rings. The lowest BCUT2D eigenvalue weighted by molar-refractivity contribution is -0.385. The van der Waals surface area contributed by atoms with Gasteiger partial charge in [0.05, 0.1) is 17.1 Å². The lowest BCUT2D eigenvalue weighted by Crippen LogP contribution is -2.35. The Morgan fingerprint density at radius 1 is 1.53 bits per heavy atom. The fraction of sp³-hybridized carbons (Fsp3) is 0.417. The summed E-state index contributed by atoms with van der Waals surface area (Å²) in [5.74, 6) is -1.32. The highest BCUT2D eigenvalue weighted by Crippen LogP contribution is 2.25. The van der Waals surface area contributed by atoms with Gasteiger partial charge in [-0.05, 0) is 26.0 Å². The zero-order valence-corrected chi connectivity index (χ0v) is 11.0. The van der Waals surface area contributed by atoms with E-state index in [2.05, 4.69) is 5.32 Å². The third-order valence-electron chi connectivity index (χ3n) is 2.41. The smallest absolute Gasteiger partial charge is 0.342 e. The van der Waals surface area contributed by atoms with Crippen LogP contribution in [0.2, 0.25) is 0 Å². The summed E-state index contributed by atoms with van der Waals surface area (Å²) in [6.07, 6.45) is 0. The van der Waals surface area contributed by atoms with Crippen molar-refractivity contribution in [1.29, 1.82) is 0 Å². The number of carboxylic acid groups (broad SMARTS) is 1. The van der Waals surface area contributed by atoms with E-state index in [-0.39, 0.29) is 5.56 Å². The van der Waals surface area contributed by atoms with Gasteiger partial charge >= 0.3 is 5.97 Å². The number of rotatable bonds is 6. The van der Waals surface area contributed by atoms with Gasteiger partial charge in [-0.15, -0.1) is 0 Å². The second-order valence-electron chi connectivity index (χ2n) is 4.74. The summed E-state index contributed by atoms with van der Waals surface area (Å²) in [4.78, 5) is 21.0. The SMILES string of the molecule is COCC(C)(C)Nc1ccc(C(=O)O)c([N+](=O)[O-])c1. The number of benzene rings is 1. The Morgan fingerprint density at radius 3 is 2.63 bits per heavy atom. The Morgan fingerprint density at radius 2 is 2.16 bits per heavy atom. The summed E-state index contributed by atoms with van der Waals surface area (Å²) >= 11 is 0. The average molecular weight is 268 g/mol. The van der Waals surface area contributed by atoms with Crippen molar-refractivity contribution >= 4 is 17.3 Å². The molecular formula is C12H16N2O5. The fourth-order valence-electron chi connectivity index (χ4n) is 1.73. The molecule has 0 aliphatic carbocycles. The molecule has 1 aromatic rings. The number of anilines is 1. The van der Waals surface area contributed by atoms with Gasteiger partial charge in [-0.1, -0.05) is 0 Å². The largest absolute Gasteiger partial charge is 0.477 e. The van der Waals surface area contributed by atoms with Gasteiger partial charge in [0, 0.05) is 18.9 Å². The van der Waals surface area contributed by atoms with Crippen molar-refractivity contribution in [2.24, 2.45) is 0 Å². The van der Waals surface area contributed by atoms with E-state index < -0.39 is 22.1 Å². The van der Waals surface area contributed by atoms with Crippen LogP contribution >= 0.6 is 0 Å². The van der Waals surface area contributed by atoms with Gasteiger partial charge in [-0.3, -0.25) is 10.1 Å². The standard InChI is InChI=1S/C12H16N2O5/c1-12(2,7-19-3)13-8-4-5-9(11(15)16)10(6-8)14(17)18/h4-6,13H,7H2,1-3H3,(H,15,16). The van der Waals surface area contributed by atoms with Gasteiger partial charge in [0.15, 0.2) is 0 Å². The molecule has 0 amide bonds. The highest BCUT2D eigenvalue weighted by molar-refractivity contribution is 5.93. The van der Waals surface area contributed by atoms with Crippen LogP contribution in [0.4, 0.5) is 11.4 Å². The molecule has 0 radical (unpaired) electrons. The topological polar surface area (TPSA) is 102 Å². The normalized spacial score (nSPS) is 11.1. The molecule has 7 nitrogen and oxygen atoms in total. The molecule has 0 bridgehead atoms. The van der Waals surface area contributed by atoms with Crippen LogP contribution in [0, 0.1) is 10.1 Å². The highest BCUT2D eigenvalue weighted by atomic mass is 16.6. The number of hydrogen-bond donors (Lipinski definition) is 2. The van der Waals surface area contributed by atoms with E-state index in [0.717, 1.165) is 0 Å². The van der Waals surface area contributed by atoms with Crippen molar-refractivity contribution in [2.75, 3.05) is 19.0 Å². The quantitative estimate of drug-likeness (QED) is 0.605. The molecule has 0 saturated heterocycles. The highest BCUT2D eigenvalue weighted by Gasteiger charge is 2.22. The van der Waals surface area contributed by atoms with Gasteiger partial charge in [-0.2, -0.15) is 0 Å². The third-order valence-corrected chi connectivity index (χ3v) is 2.41. The number of hydrogen-bond acceptors (Lipinski definition) is 5. The van der Waals surface area contributed by atoms with Crippen LogP contribution in [0.1, 0.15) is 24.2 Å². The minimum Gasteiger partial charge on any atom is -0.477 e. The lowest BCUT2D eigenvalue weighted by atomic mass is 10.1. The summed E-state index contributed by atoms with van der Waals surface area (Å²) in [5, 5.41) is 22.8. The number of aromatic carboxylic acids is 1. The maximum absolute atomic E-state index is 10.9. The van der Waals surface area contributed by atoms with Crippen LogP contribution in [0.15, 0.2) is 18.2 Å². The first kappa shape index (κ1) is 14.9. The fourth-order valence-corrected chi connectivity index (χ4v) is 1.73. The molecule has 0 spiro atoms. The van der Waals surface area contributed by atoms with E-state index in [9.17, 15) is 14.9 Å². The Kier molecular flexibility index (Phi) is 4.44. The molecule has 0 atom stereocenters. The van der Waals surface area contributed by atoms with E-state index in [1.165, 1.54) is 18.2 Å². The molecule has 2 N–H and O–H groups in total. The lowest BCUT2D eigenvalue weighted by Gasteiger charge is -2.26. The summed E-state index contributed by atoms with van der Waals surface area (Å²) < 4.78 is 5.03. The molecule has 0 aliphatic heterocycles. The van der Waals surface area contributed by atoms with Crippen LogP contribution in [-0.2, 0) is 4.74 Å². The van der Waals surface area contributed by atoms with Gasteiger partial charge < -0.3 is 15.2 Å². The van der Waals surface area contributed by atoms with Crippen molar-refractivity contribution in [2.45, 2.75) is 19.4 Å². The molecule has 0 aromatic heterocycles. The first-order valence-corrected chi connectivity index (χ1v) is 5.55. The molecule has 1 rings (SSSR count). The van der Waals surface area contributed by atoms with E-state index >= 15 is 0 Å². The molecule has 104 valence electrons. The molecule has 1 aromatic carbocycles. The first-order valence-electron chi connectivity index (χ1n) is 5.55. The zero-order chi connectivity index (χ0) is 14.6. The summed E-state index contributed by atoms with van der Waals surface area (Å²) in [7, 11) is 1.55. The summed E-state index contributed by atoms with van der Waals surface area (Å²) in [5.41, 5.74) is -0.725. The Bertz CT molecular complexity index is 499. The number of carbonyl (C=O) groups is 1. The van der Waals surface area contributed by atoms with Gasteiger partial charge in [0.25, 0.3) is 5.69 Å². The third kappa shape index (κ3) is 3.92. The van der Waals surface area contributed by atoms with Crippen molar-refractivity contribution < 1.29 is 19.6 Å². The average Bonchev–Trinajstić information content (AvgIpc) is 2.27. The summed E-state index contributed by atoms with van der Waals surface area (Å²) in [6.45, 7) is 4.14. The summed E-state index contributed by atoms with van der Waals surface area (Å²) in [6, 6.07) is 3.92. The number of nitrogens with one attached hydrogen (secondary N) is 1. The van der Waals surface area contributed by atoms with Crippen molar-refractivity contribution in [3.63, 3.8) is 0 Å². The molecular weight excluding hydrogens is 252 g/mol. The van der Waals surface area contributed by atoms with Crippen molar-refractivity contribution in [1.82, 2.24) is 0 Å². The Balaban J connectivity index is 3.09. The number of nitro groups is 1. The molecule has 7 heteroatoms. The number of ether oxygens (including phenoxy) is 1. The van der Waals surface area contributed by atoms with Crippen LogP contribution in [0.3, 0.4) is 0 Å². The molecule has 0 heterocycles. The predicted octanol–water partition coefficient (Wildman–Crippen LogP) is 2.13. The van der Waals surface area contributed by atoms with Crippen LogP contribution in [-0.4, -0.2) is 35.3 Å². The Hall–Kier alpha value is -2.15. The zero-order valence-electron chi connectivity index (χ0n) is 11.0. The van der Waals surface area contributed by atoms with Crippen LogP contribution in [0.5, 0.6) is 0 Å². The number of nitro benzene ring substituents is 1. The van der Waals surface area contributed by atoms with Crippen LogP contribution < -0.4 is 5.32 Å². The Labute approximate surface area is 110 Å². The maximum Gasteiger partial charge on any atom is 0.342 e. The molecule has 0 aliphatic rings. The minimum atomic E-state index is -1.32. The molecule has 0 unspecified atom stereocenters. The second kappa shape index (κ2) is 5.66. The molecule has 19 heavy (non-hydrogen) atoms. The maximum atomic E-state index is 10.9. The minimum absolute atomic E-state index is 0.333. The van der Waals surface area contributed by atoms with E-state index in [0.29, 0.717) is 12.3 Å². The van der Waals surface area contributed by atoms with Gasteiger partial charge in [0.2, 0.25) is 0 Å². The van der Waals surface area contributed by atoms with Gasteiger partial charge in [0.1, 0.15) is 5.56 Å². The first-order chi connectivity index (χ1) is 8.76. The number of nitrogens with zero attached hydrogens (tertiary/aromatic N) is 1. The van der Waals surface area contributed by atoms with E-state index in [1.54, 1.807) is 7.11 Å². The predicted molar refractivity (Wildman–Crippen MR) is 69.6 cm³/mol. The number of methoxy groups -OCH3 is 1. The second-order valence-corrected chi connectivity index (χ2v) is 4.74. The number of carboxylic acids is 1. The van der Waals surface area contributed by atoms with E-state index in [1.807, 2.05) is 13.8 Å².